The summed E-state index contributed by atoms with van der Waals surface area (Å²) >= 11 is 0. The summed E-state index contributed by atoms with van der Waals surface area (Å²) in [4.78, 5) is 2.41. The first-order chi connectivity index (χ1) is 28.8. The van der Waals surface area contributed by atoms with Crippen molar-refractivity contribution in [2.24, 2.45) is 0 Å². The molecule has 0 spiro atoms. The van der Waals surface area contributed by atoms with Gasteiger partial charge < -0.3 is 4.90 Å². The Bertz CT molecular complexity index is 2980. The minimum atomic E-state index is -0.178. The van der Waals surface area contributed by atoms with Crippen molar-refractivity contribution >= 4 is 27.8 Å². The summed E-state index contributed by atoms with van der Waals surface area (Å²) in [6.07, 6.45) is 0. The molecule has 282 valence electrons. The zero-order chi connectivity index (χ0) is 39.9. The number of hydrogen-bond donors (Lipinski definition) is 0. The molecule has 1 heteroatoms. The van der Waals surface area contributed by atoms with Crippen LogP contribution in [0.2, 0.25) is 0 Å². The maximum Gasteiger partial charge on any atom is 0.0468 e. The van der Waals surface area contributed by atoms with Crippen molar-refractivity contribution in [2.75, 3.05) is 4.90 Å². The van der Waals surface area contributed by atoms with E-state index in [0.29, 0.717) is 0 Å². The second kappa shape index (κ2) is 13.3. The molecule has 2 aliphatic rings. The van der Waals surface area contributed by atoms with Crippen molar-refractivity contribution in [3.8, 4) is 55.6 Å². The molecule has 1 nitrogen and oxygen atoms in total. The second-order valence-corrected chi connectivity index (χ2v) is 17.3. The summed E-state index contributed by atoms with van der Waals surface area (Å²) in [6, 6.07) is 74.1. The van der Waals surface area contributed by atoms with E-state index in [0.717, 1.165) is 17.1 Å². The summed E-state index contributed by atoms with van der Waals surface area (Å²) in [7, 11) is 0. The van der Waals surface area contributed by atoms with Gasteiger partial charge in [-0.05, 0) is 137 Å². The maximum absolute atomic E-state index is 2.50. The van der Waals surface area contributed by atoms with Gasteiger partial charge in [0.25, 0.3) is 0 Å². The van der Waals surface area contributed by atoms with Gasteiger partial charge >= 0.3 is 0 Å². The van der Waals surface area contributed by atoms with E-state index in [1.54, 1.807) is 0 Å². The van der Waals surface area contributed by atoms with Gasteiger partial charge in [0.1, 0.15) is 0 Å². The van der Waals surface area contributed by atoms with E-state index in [9.17, 15) is 0 Å². The monoisotopic (exact) mass is 755 g/mol. The number of hydrogen-bond acceptors (Lipinski definition) is 1. The molecule has 0 atom stereocenters. The van der Waals surface area contributed by atoms with E-state index in [1.807, 2.05) is 0 Å². The minimum Gasteiger partial charge on any atom is -0.310 e. The van der Waals surface area contributed by atoms with E-state index in [2.05, 4.69) is 233 Å². The Balaban J connectivity index is 1.08. The lowest BCUT2D eigenvalue weighted by Gasteiger charge is -2.27. The fraction of sp³-hybridized carbons (Fsp3) is 0.103. The fourth-order valence-corrected chi connectivity index (χ4v) is 10.3. The van der Waals surface area contributed by atoms with E-state index in [-0.39, 0.29) is 10.8 Å². The third-order valence-electron chi connectivity index (χ3n) is 13.3. The third kappa shape index (κ3) is 5.53. The van der Waals surface area contributed by atoms with Gasteiger partial charge in [0.2, 0.25) is 0 Å². The predicted molar refractivity (Wildman–Crippen MR) is 250 cm³/mol. The molecule has 9 aromatic rings. The highest BCUT2D eigenvalue weighted by molar-refractivity contribution is 6.06. The number of fused-ring (bicyclic) bond motifs is 8. The zero-order valence-electron chi connectivity index (χ0n) is 34.0. The van der Waals surface area contributed by atoms with Crippen molar-refractivity contribution in [2.45, 2.75) is 38.5 Å². The fourth-order valence-electron chi connectivity index (χ4n) is 10.3. The molecule has 11 rings (SSSR count). The number of rotatable bonds is 6. The van der Waals surface area contributed by atoms with Gasteiger partial charge in [-0.2, -0.15) is 0 Å². The lowest BCUT2D eigenvalue weighted by atomic mass is 9.78. The standard InChI is InChI=1S/C58H45N/c1-57(2)53-22-14-13-20-47(53)48-33-27-42(35-55(48)57)50-37-52-51-36-45(32-34-54(51)58(3,4)56(52)49-21-12-11-19-46(49)50)59(43-28-23-40(24-29-43)38-15-7-5-8-16-38)44-30-25-41(26-31-44)39-17-9-6-10-18-39/h5-37H,1-4H3. The molecule has 0 unspecified atom stereocenters. The molecule has 0 fully saturated rings. The van der Waals surface area contributed by atoms with Gasteiger partial charge in [0.15, 0.2) is 0 Å². The van der Waals surface area contributed by atoms with Crippen LogP contribution in [0.1, 0.15) is 49.9 Å². The Morgan fingerprint density at radius 1 is 0.288 bits per heavy atom. The Morgan fingerprint density at radius 3 is 1.42 bits per heavy atom. The van der Waals surface area contributed by atoms with Gasteiger partial charge in [0.05, 0.1) is 0 Å². The second-order valence-electron chi connectivity index (χ2n) is 17.3. The highest BCUT2D eigenvalue weighted by Gasteiger charge is 2.39. The first kappa shape index (κ1) is 35.2. The van der Waals surface area contributed by atoms with Crippen molar-refractivity contribution in [1.82, 2.24) is 0 Å². The van der Waals surface area contributed by atoms with Crippen LogP contribution >= 0.6 is 0 Å². The molecule has 0 radical (unpaired) electrons. The highest BCUT2D eigenvalue weighted by atomic mass is 15.1. The van der Waals surface area contributed by atoms with Crippen LogP contribution in [0.4, 0.5) is 17.1 Å². The van der Waals surface area contributed by atoms with Crippen molar-refractivity contribution in [1.29, 1.82) is 0 Å². The number of benzene rings is 9. The summed E-state index contributed by atoms with van der Waals surface area (Å²) in [6.45, 7) is 9.55. The average Bonchev–Trinajstić information content (AvgIpc) is 3.66. The molecular formula is C58H45N. The van der Waals surface area contributed by atoms with Gasteiger partial charge in [-0.15, -0.1) is 0 Å². The lowest BCUT2D eigenvalue weighted by Crippen LogP contribution is -2.16. The smallest absolute Gasteiger partial charge is 0.0468 e. The SMILES string of the molecule is CC1(C)c2ccccc2-c2ccc(-c3cc4c(c5ccccc35)C(C)(C)c3ccc(N(c5ccc(-c6ccccc6)cc5)c5ccc(-c6ccccc6)cc5)cc3-4)cc21. The van der Waals surface area contributed by atoms with E-state index < -0.39 is 0 Å². The number of anilines is 3. The van der Waals surface area contributed by atoms with Crippen molar-refractivity contribution < 1.29 is 0 Å². The van der Waals surface area contributed by atoms with Gasteiger partial charge in [-0.1, -0.05) is 179 Å². The van der Waals surface area contributed by atoms with Crippen LogP contribution in [-0.2, 0) is 10.8 Å². The van der Waals surface area contributed by atoms with Crippen LogP contribution in [0.5, 0.6) is 0 Å². The Morgan fingerprint density at radius 2 is 0.780 bits per heavy atom. The highest BCUT2D eigenvalue weighted by Crippen LogP contribution is 2.56. The largest absolute Gasteiger partial charge is 0.310 e. The zero-order valence-corrected chi connectivity index (χ0v) is 34.0. The molecule has 0 aliphatic heterocycles. The van der Waals surface area contributed by atoms with E-state index >= 15 is 0 Å². The summed E-state index contributed by atoms with van der Waals surface area (Å²) in [5, 5.41) is 2.63. The molecule has 0 heterocycles. The Kier molecular flexibility index (Phi) is 7.94. The Labute approximate surface area is 347 Å². The summed E-state index contributed by atoms with van der Waals surface area (Å²) in [5.74, 6) is 0. The molecule has 2 aliphatic carbocycles. The number of nitrogens with zero attached hydrogens (tertiary/aromatic N) is 1. The molecule has 0 amide bonds. The third-order valence-corrected chi connectivity index (χ3v) is 13.3. The summed E-state index contributed by atoms with van der Waals surface area (Å²) in [5.41, 5.74) is 21.4. The van der Waals surface area contributed by atoms with Crippen molar-refractivity contribution in [3.63, 3.8) is 0 Å². The summed E-state index contributed by atoms with van der Waals surface area (Å²) < 4.78 is 0. The molecule has 0 aromatic heterocycles. The molecule has 0 bridgehead atoms. The van der Waals surface area contributed by atoms with Gasteiger partial charge in [-0.3, -0.25) is 0 Å². The molecular weight excluding hydrogens is 711 g/mol. The molecule has 0 saturated carbocycles. The predicted octanol–water partition coefficient (Wildman–Crippen LogP) is 15.9. The molecule has 0 saturated heterocycles. The van der Waals surface area contributed by atoms with Gasteiger partial charge in [-0.25, -0.2) is 0 Å². The van der Waals surface area contributed by atoms with Gasteiger partial charge in [0, 0.05) is 27.9 Å². The van der Waals surface area contributed by atoms with E-state index in [4.69, 9.17) is 0 Å². The first-order valence-corrected chi connectivity index (χ1v) is 20.8. The minimum absolute atomic E-state index is 0.0694. The Hall–Kier alpha value is -6.96. The van der Waals surface area contributed by atoms with Crippen LogP contribution in [0.3, 0.4) is 0 Å². The molecule has 9 aromatic carbocycles. The quantitative estimate of drug-likeness (QED) is 0.163. The van der Waals surface area contributed by atoms with E-state index in [1.165, 1.54) is 88.7 Å². The normalized spacial score (nSPS) is 14.0. The average molecular weight is 756 g/mol. The molecule has 59 heavy (non-hydrogen) atoms. The lowest BCUT2D eigenvalue weighted by molar-refractivity contribution is 0.660. The van der Waals surface area contributed by atoms with Crippen LogP contribution < -0.4 is 4.90 Å². The van der Waals surface area contributed by atoms with Crippen molar-refractivity contribution in [3.05, 3.63) is 222 Å². The first-order valence-electron chi connectivity index (χ1n) is 20.8. The van der Waals surface area contributed by atoms with Crippen LogP contribution in [0.25, 0.3) is 66.4 Å². The van der Waals surface area contributed by atoms with Crippen LogP contribution in [0.15, 0.2) is 200 Å². The topological polar surface area (TPSA) is 3.24 Å². The maximum atomic E-state index is 2.50. The van der Waals surface area contributed by atoms with Crippen LogP contribution in [-0.4, -0.2) is 0 Å². The molecule has 0 N–H and O–H groups in total. The van der Waals surface area contributed by atoms with Crippen LogP contribution in [0, 0.1) is 0 Å².